The maximum atomic E-state index is 13.9. The highest BCUT2D eigenvalue weighted by Gasteiger charge is 2.46. The summed E-state index contributed by atoms with van der Waals surface area (Å²) in [7, 11) is -1.34. The zero-order chi connectivity index (χ0) is 25.9. The molecule has 4 heterocycles. The van der Waals surface area contributed by atoms with Gasteiger partial charge >= 0.3 is 24.4 Å². The number of rotatable bonds is 6. The first kappa shape index (κ1) is 24.3. The first-order valence-corrected chi connectivity index (χ1v) is 12.2. The lowest BCUT2D eigenvalue weighted by molar-refractivity contribution is -0.478. The second-order valence-electron chi connectivity index (χ2n) is 8.69. The number of hydrogen-bond acceptors (Lipinski definition) is 6. The normalized spacial score (nSPS) is 18.0. The number of alkyl halides is 3. The molecule has 1 N–H and O–H groups in total. The lowest BCUT2D eigenvalue weighted by Gasteiger charge is -2.42. The van der Waals surface area contributed by atoms with Gasteiger partial charge in [-0.05, 0) is 35.9 Å². The van der Waals surface area contributed by atoms with E-state index in [1.807, 2.05) is 17.8 Å². The van der Waals surface area contributed by atoms with Gasteiger partial charge in [0.15, 0.2) is 0 Å². The number of ether oxygens (including phenoxy) is 1. The van der Waals surface area contributed by atoms with Gasteiger partial charge in [0, 0.05) is 25.7 Å². The second kappa shape index (κ2) is 8.35. The van der Waals surface area contributed by atoms with Gasteiger partial charge in [0.25, 0.3) is 0 Å². The molecule has 5 rings (SSSR count). The number of imidazole rings is 1. The van der Waals surface area contributed by atoms with Gasteiger partial charge in [-0.15, -0.1) is 0 Å². The van der Waals surface area contributed by atoms with Gasteiger partial charge in [-0.25, -0.2) is 22.5 Å². The van der Waals surface area contributed by atoms with E-state index in [0.717, 1.165) is 35.7 Å². The number of pyridine rings is 1. The summed E-state index contributed by atoms with van der Waals surface area (Å²) in [6.07, 6.45) is -0.103. The van der Waals surface area contributed by atoms with Gasteiger partial charge in [-0.3, -0.25) is 8.97 Å². The fraction of sp³-hybridized carbons (Fsp3) is 0.318. The number of fused-ring (bicyclic) bond motifs is 1. The Bertz CT molecular complexity index is 1590. The highest BCUT2D eigenvalue weighted by atomic mass is 32.2. The lowest BCUT2D eigenvalue weighted by Crippen LogP contribution is -2.48. The molecule has 1 radical (unpaired) electrons. The number of benzene rings is 1. The van der Waals surface area contributed by atoms with E-state index in [1.54, 1.807) is 29.1 Å². The van der Waals surface area contributed by atoms with Crippen molar-refractivity contribution >= 4 is 21.9 Å². The van der Waals surface area contributed by atoms with Crippen molar-refractivity contribution in [1.29, 1.82) is 0 Å². The Balaban J connectivity index is 0.00000320. The maximum absolute atomic E-state index is 13.9. The third-order valence-electron chi connectivity index (χ3n) is 6.42. The predicted molar refractivity (Wildman–Crippen MR) is 124 cm³/mol. The van der Waals surface area contributed by atoms with Crippen LogP contribution in [-0.4, -0.2) is 55.6 Å². The molecule has 2 aliphatic rings. The Labute approximate surface area is 204 Å². The van der Waals surface area contributed by atoms with Gasteiger partial charge in [-0.1, -0.05) is 12.1 Å². The van der Waals surface area contributed by atoms with E-state index in [2.05, 4.69) is 10.2 Å². The third-order valence-corrected chi connectivity index (χ3v) is 7.80. The van der Waals surface area contributed by atoms with Crippen LogP contribution >= 0.6 is 0 Å². The van der Waals surface area contributed by atoms with Crippen LogP contribution in [0.3, 0.4) is 0 Å². The monoisotopic (exact) mass is 524 g/mol. The standard InChI is InChI=1S/C22H21F3N6O4S.H2/c1-26-36(33,34)16-7-17(22(23,24)25)18-10-30(20(32)31(18)9-16)15-5-3-4-14(6-15)21(11-35-12-21)8-19-28-27-13-29(19)2;/h3-7,9-10,13,26H,8,11-12H2,1-2H3;1H/q+1;. The first-order valence-electron chi connectivity index (χ1n) is 10.8. The molecule has 2 aromatic heterocycles. The highest BCUT2D eigenvalue weighted by molar-refractivity contribution is 7.89. The Hall–Kier alpha value is -3.36. The Morgan fingerprint density at radius 2 is 2.00 bits per heavy atom. The Morgan fingerprint density at radius 1 is 1.25 bits per heavy atom. The summed E-state index contributed by atoms with van der Waals surface area (Å²) in [5, 5.41) is 8.04. The van der Waals surface area contributed by atoms with E-state index >= 15 is 0 Å². The average molecular weight is 525 g/mol. The molecular formula is C22H23F3N6O4S+. The van der Waals surface area contributed by atoms with Crippen LogP contribution in [0, 0.1) is 6.17 Å². The molecule has 2 aliphatic heterocycles. The maximum Gasteiger partial charge on any atom is 0.418 e. The topological polar surface area (TPSA) is 110 Å². The van der Waals surface area contributed by atoms with Crippen LogP contribution in [0.4, 0.5) is 13.2 Å². The molecule has 3 aromatic rings. The van der Waals surface area contributed by atoms with Crippen LogP contribution < -0.4 is 10.4 Å². The summed E-state index contributed by atoms with van der Waals surface area (Å²) in [6, 6.07) is 7.40. The molecule has 10 nitrogen and oxygen atoms in total. The summed E-state index contributed by atoms with van der Waals surface area (Å²) in [5.41, 5.74) is -1.83. The van der Waals surface area contributed by atoms with Crippen LogP contribution in [0.15, 0.2) is 62.6 Å². The van der Waals surface area contributed by atoms with Crippen molar-refractivity contribution in [2.45, 2.75) is 22.9 Å². The lowest BCUT2D eigenvalue weighted by atomic mass is 9.75. The van der Waals surface area contributed by atoms with E-state index in [0.29, 0.717) is 35.8 Å². The second-order valence-corrected chi connectivity index (χ2v) is 10.6. The molecule has 0 unspecified atom stereocenters. The number of aromatic nitrogens is 2. The van der Waals surface area contributed by atoms with E-state index in [9.17, 15) is 26.4 Å². The van der Waals surface area contributed by atoms with Gasteiger partial charge in [0.1, 0.15) is 0 Å². The van der Waals surface area contributed by atoms with Crippen molar-refractivity contribution in [3.63, 3.8) is 0 Å². The minimum atomic E-state index is -4.89. The molecule has 0 saturated carbocycles. The first-order chi connectivity index (χ1) is 16.9. The van der Waals surface area contributed by atoms with E-state index < -0.39 is 43.3 Å². The van der Waals surface area contributed by atoms with Crippen LogP contribution in [0.2, 0.25) is 0 Å². The molecule has 36 heavy (non-hydrogen) atoms. The van der Waals surface area contributed by atoms with Crippen LogP contribution in [0.5, 0.6) is 0 Å². The minimum absolute atomic E-state index is 0. The molecule has 0 aliphatic carbocycles. The third kappa shape index (κ3) is 3.94. The van der Waals surface area contributed by atoms with Crippen molar-refractivity contribution < 1.29 is 32.3 Å². The average Bonchev–Trinajstić information content (AvgIpc) is 3.37. The number of halogens is 3. The summed E-state index contributed by atoms with van der Waals surface area (Å²) in [4.78, 5) is 12.5. The molecule has 0 amide bonds. The summed E-state index contributed by atoms with van der Waals surface area (Å²) in [5.74, 6) is 0. The smallest absolute Gasteiger partial charge is 0.379 e. The minimum Gasteiger partial charge on any atom is -0.379 e. The van der Waals surface area contributed by atoms with E-state index in [4.69, 9.17) is 4.74 Å². The molecule has 0 bridgehead atoms. The molecule has 1 saturated heterocycles. The van der Waals surface area contributed by atoms with E-state index in [-0.39, 0.29) is 1.43 Å². The quantitative estimate of drug-likeness (QED) is 0.500. The largest absolute Gasteiger partial charge is 0.418 e. The molecule has 1 aromatic carbocycles. The predicted octanol–water partition coefficient (Wildman–Crippen LogP) is 2.55. The van der Waals surface area contributed by atoms with Gasteiger partial charge in [0.2, 0.25) is 10.0 Å². The van der Waals surface area contributed by atoms with E-state index in [1.165, 1.54) is 0 Å². The number of sulfonamides is 1. The van der Waals surface area contributed by atoms with Gasteiger partial charge in [-0.2, -0.15) is 13.2 Å². The number of hydrogen-bond donors (Lipinski definition) is 1. The van der Waals surface area contributed by atoms with Crippen molar-refractivity contribution in [3.8, 4) is 5.69 Å². The highest BCUT2D eigenvalue weighted by Crippen LogP contribution is 2.41. The molecule has 14 heteroatoms. The van der Waals surface area contributed by atoms with Gasteiger partial charge < -0.3 is 4.74 Å². The number of azo groups is 1. The van der Waals surface area contributed by atoms with Crippen molar-refractivity contribution in [2.24, 2.45) is 10.2 Å². The number of nitrogens with one attached hydrogen (secondary N) is 1. The molecule has 191 valence electrons. The SMILES string of the molecule is CNS(=O)(=O)c1cc(C(F)(F)F)c2cn(-c3cccc(C4(C[C]5N=NC=[N+]5C)COC4)c3)c(=O)n2c1.[HH]. The van der Waals surface area contributed by atoms with Crippen molar-refractivity contribution in [1.82, 2.24) is 13.7 Å². The summed E-state index contributed by atoms with van der Waals surface area (Å²) in [6.45, 7) is 0.804. The molecule has 0 atom stereocenters. The van der Waals surface area contributed by atoms with Crippen LogP contribution in [-0.2, 0) is 26.4 Å². The molecule has 1 fully saturated rings. The molecular weight excluding hydrogens is 501 g/mol. The molecule has 0 spiro atoms. The zero-order valence-corrected chi connectivity index (χ0v) is 20.0. The zero-order valence-electron chi connectivity index (χ0n) is 19.2. The van der Waals surface area contributed by atoms with Crippen LogP contribution in [0.1, 0.15) is 19.0 Å². The number of nitrogens with zero attached hydrogens (tertiary/aromatic N) is 5. The fourth-order valence-corrected chi connectivity index (χ4v) is 5.07. The fourth-order valence-electron chi connectivity index (χ4n) is 4.32. The Kier molecular flexibility index (Phi) is 5.65. The van der Waals surface area contributed by atoms with Gasteiger partial charge in [0.05, 0.1) is 47.0 Å². The van der Waals surface area contributed by atoms with Crippen molar-refractivity contribution in [2.75, 3.05) is 27.3 Å². The summed E-state index contributed by atoms with van der Waals surface area (Å²) >= 11 is 0. The Morgan fingerprint density at radius 3 is 2.58 bits per heavy atom. The van der Waals surface area contributed by atoms with Crippen LogP contribution in [0.25, 0.3) is 11.2 Å². The summed E-state index contributed by atoms with van der Waals surface area (Å²) < 4.78 is 77.1. The van der Waals surface area contributed by atoms with Crippen molar-refractivity contribution in [3.05, 3.63) is 70.5 Å².